The summed E-state index contributed by atoms with van der Waals surface area (Å²) in [6.45, 7) is 6.10. The molecule has 0 saturated heterocycles. The Kier molecular flexibility index (Phi) is 4.71. The largest absolute Gasteiger partial charge is 0.391 e. The van der Waals surface area contributed by atoms with Crippen LogP contribution >= 0.6 is 11.3 Å². The van der Waals surface area contributed by atoms with Crippen LogP contribution in [0.4, 0.5) is 0 Å². The van der Waals surface area contributed by atoms with Gasteiger partial charge in [-0.1, -0.05) is 13.8 Å². The Morgan fingerprint density at radius 3 is 2.47 bits per heavy atom. The number of nitrogens with zero attached hydrogens (tertiary/aromatic N) is 1. The van der Waals surface area contributed by atoms with E-state index < -0.39 is 10.0 Å². The highest BCUT2D eigenvalue weighted by Crippen LogP contribution is 2.28. The first kappa shape index (κ1) is 14.6. The Labute approximate surface area is 107 Å². The van der Waals surface area contributed by atoms with Crippen LogP contribution in [0.5, 0.6) is 0 Å². The fourth-order valence-electron chi connectivity index (χ4n) is 1.64. The van der Waals surface area contributed by atoms with Crippen molar-refractivity contribution in [2.45, 2.75) is 32.3 Å². The second-order valence-corrected chi connectivity index (χ2v) is 7.82. The second kappa shape index (κ2) is 5.48. The number of aryl methyl sites for hydroxylation is 1. The maximum atomic E-state index is 12.3. The molecule has 0 amide bonds. The number of hydrogen-bond acceptors (Lipinski definition) is 4. The molecule has 1 aromatic rings. The van der Waals surface area contributed by atoms with Crippen molar-refractivity contribution in [1.29, 1.82) is 0 Å². The molecule has 0 atom stereocenters. The van der Waals surface area contributed by atoms with E-state index in [1.807, 2.05) is 13.8 Å². The maximum absolute atomic E-state index is 12.3. The van der Waals surface area contributed by atoms with E-state index in [0.717, 1.165) is 4.88 Å². The zero-order valence-electron chi connectivity index (χ0n) is 10.6. The zero-order valence-corrected chi connectivity index (χ0v) is 12.2. The van der Waals surface area contributed by atoms with E-state index >= 15 is 0 Å². The Bertz CT molecular complexity index is 477. The van der Waals surface area contributed by atoms with Crippen molar-refractivity contribution in [2.24, 2.45) is 5.92 Å². The molecule has 0 bridgehead atoms. The van der Waals surface area contributed by atoms with Crippen LogP contribution in [0.3, 0.4) is 0 Å². The molecule has 0 spiro atoms. The molecule has 0 fully saturated rings. The summed E-state index contributed by atoms with van der Waals surface area (Å²) in [7, 11) is -1.83. The Morgan fingerprint density at radius 1 is 1.47 bits per heavy atom. The molecule has 6 heteroatoms. The molecule has 0 radical (unpaired) electrons. The Hall–Kier alpha value is -0.430. The van der Waals surface area contributed by atoms with Gasteiger partial charge in [0.15, 0.2) is 0 Å². The minimum absolute atomic E-state index is 0.116. The first-order valence-corrected chi connectivity index (χ1v) is 7.71. The van der Waals surface area contributed by atoms with E-state index in [0.29, 0.717) is 16.3 Å². The smallest absolute Gasteiger partial charge is 0.243 e. The normalized spacial score (nSPS) is 12.6. The molecule has 1 rings (SSSR count). The van der Waals surface area contributed by atoms with Gasteiger partial charge >= 0.3 is 0 Å². The average Bonchev–Trinajstić information content (AvgIpc) is 2.59. The molecule has 1 N–H and O–H groups in total. The van der Waals surface area contributed by atoms with E-state index in [-0.39, 0.29) is 12.5 Å². The molecule has 17 heavy (non-hydrogen) atoms. The maximum Gasteiger partial charge on any atom is 0.243 e. The third-order valence-corrected chi connectivity index (χ3v) is 5.50. The van der Waals surface area contributed by atoms with Gasteiger partial charge in [-0.25, -0.2) is 12.7 Å². The minimum Gasteiger partial charge on any atom is -0.391 e. The van der Waals surface area contributed by atoms with E-state index in [9.17, 15) is 8.42 Å². The number of aliphatic hydroxyl groups excluding tert-OH is 1. The van der Waals surface area contributed by atoms with Gasteiger partial charge in [0, 0.05) is 23.3 Å². The van der Waals surface area contributed by atoms with Gasteiger partial charge in [-0.2, -0.15) is 0 Å². The van der Waals surface area contributed by atoms with Gasteiger partial charge in [-0.05, 0) is 18.9 Å². The van der Waals surface area contributed by atoms with Gasteiger partial charge < -0.3 is 5.11 Å². The topological polar surface area (TPSA) is 57.6 Å². The summed E-state index contributed by atoms with van der Waals surface area (Å²) in [6.07, 6.45) is 0. The summed E-state index contributed by atoms with van der Waals surface area (Å²) in [5, 5.41) is 9.03. The Morgan fingerprint density at radius 2 is 2.06 bits per heavy atom. The lowest BCUT2D eigenvalue weighted by Gasteiger charge is -2.18. The van der Waals surface area contributed by atoms with Crippen LogP contribution in [0.15, 0.2) is 11.0 Å². The molecule has 0 aliphatic rings. The number of thiophene rings is 1. The van der Waals surface area contributed by atoms with Gasteiger partial charge in [0.2, 0.25) is 10.0 Å². The summed E-state index contributed by atoms with van der Waals surface area (Å²) < 4.78 is 25.9. The summed E-state index contributed by atoms with van der Waals surface area (Å²) in [4.78, 5) is 1.72. The lowest BCUT2D eigenvalue weighted by molar-refractivity contribution is 0.285. The monoisotopic (exact) mass is 277 g/mol. The highest BCUT2D eigenvalue weighted by atomic mass is 32.2. The Balaban J connectivity index is 3.08. The van der Waals surface area contributed by atoms with Crippen LogP contribution in [0.2, 0.25) is 0 Å². The minimum atomic E-state index is -3.42. The van der Waals surface area contributed by atoms with E-state index in [1.165, 1.54) is 15.6 Å². The van der Waals surface area contributed by atoms with Crippen molar-refractivity contribution in [3.63, 3.8) is 0 Å². The number of rotatable bonds is 5. The quantitative estimate of drug-likeness (QED) is 0.893. The zero-order chi connectivity index (χ0) is 13.2. The summed E-state index contributed by atoms with van der Waals surface area (Å²) in [5.74, 6) is 0.283. The van der Waals surface area contributed by atoms with Crippen LogP contribution in [0.25, 0.3) is 0 Å². The molecular weight excluding hydrogens is 258 g/mol. The fraction of sp³-hybridized carbons (Fsp3) is 0.636. The fourth-order valence-corrected chi connectivity index (χ4v) is 4.43. The van der Waals surface area contributed by atoms with Crippen molar-refractivity contribution in [2.75, 3.05) is 13.6 Å². The molecular formula is C11H19NO3S2. The van der Waals surface area contributed by atoms with Gasteiger partial charge in [-0.3, -0.25) is 0 Å². The first-order valence-electron chi connectivity index (χ1n) is 5.45. The van der Waals surface area contributed by atoms with Crippen LogP contribution in [-0.2, 0) is 16.6 Å². The third kappa shape index (κ3) is 3.28. The third-order valence-electron chi connectivity index (χ3n) is 2.39. The predicted octanol–water partition coefficient (Wildman–Crippen LogP) is 1.83. The average molecular weight is 277 g/mol. The van der Waals surface area contributed by atoms with E-state index in [2.05, 4.69) is 0 Å². The summed E-state index contributed by atoms with van der Waals surface area (Å²) in [6, 6.07) is 1.56. The van der Waals surface area contributed by atoms with Crippen LogP contribution in [0.1, 0.15) is 23.6 Å². The van der Waals surface area contributed by atoms with Crippen molar-refractivity contribution in [3.05, 3.63) is 15.8 Å². The second-order valence-electron chi connectivity index (χ2n) is 4.47. The van der Waals surface area contributed by atoms with Crippen LogP contribution in [-0.4, -0.2) is 31.4 Å². The van der Waals surface area contributed by atoms with Gasteiger partial charge in [0.05, 0.1) is 11.5 Å². The predicted molar refractivity (Wildman–Crippen MR) is 69.6 cm³/mol. The summed E-state index contributed by atoms with van der Waals surface area (Å²) >= 11 is 1.32. The first-order chi connectivity index (χ1) is 7.78. The standard InChI is InChI=1S/C11H19NO3S2/c1-8(2)6-12(4)17(14,15)11-5-10(7-13)16-9(11)3/h5,8,13H,6-7H2,1-4H3. The molecule has 0 aliphatic carbocycles. The van der Waals surface area contributed by atoms with Gasteiger partial charge in [0.1, 0.15) is 0 Å². The van der Waals surface area contributed by atoms with Crippen molar-refractivity contribution < 1.29 is 13.5 Å². The molecule has 0 aromatic carbocycles. The van der Waals surface area contributed by atoms with Gasteiger partial charge in [0.25, 0.3) is 0 Å². The van der Waals surface area contributed by atoms with Crippen molar-refractivity contribution in [3.8, 4) is 0 Å². The van der Waals surface area contributed by atoms with E-state index in [1.54, 1.807) is 20.0 Å². The number of sulfonamides is 1. The highest BCUT2D eigenvalue weighted by Gasteiger charge is 2.25. The van der Waals surface area contributed by atoms with Crippen molar-refractivity contribution in [1.82, 2.24) is 4.31 Å². The van der Waals surface area contributed by atoms with E-state index in [4.69, 9.17) is 5.11 Å². The molecule has 1 heterocycles. The lowest BCUT2D eigenvalue weighted by atomic mass is 10.2. The number of aliphatic hydroxyl groups is 1. The summed E-state index contributed by atoms with van der Waals surface area (Å²) in [5.41, 5.74) is 0. The lowest BCUT2D eigenvalue weighted by Crippen LogP contribution is -2.30. The number of hydrogen-bond donors (Lipinski definition) is 1. The molecule has 1 aromatic heterocycles. The molecule has 98 valence electrons. The van der Waals surface area contributed by atoms with Gasteiger partial charge in [-0.15, -0.1) is 11.3 Å². The molecule has 0 aliphatic heterocycles. The van der Waals surface area contributed by atoms with Crippen LogP contribution < -0.4 is 0 Å². The molecule has 4 nitrogen and oxygen atoms in total. The highest BCUT2D eigenvalue weighted by molar-refractivity contribution is 7.89. The SMILES string of the molecule is Cc1sc(CO)cc1S(=O)(=O)N(C)CC(C)C. The molecule has 0 unspecified atom stereocenters. The van der Waals surface area contributed by atoms with Crippen LogP contribution in [0, 0.1) is 12.8 Å². The van der Waals surface area contributed by atoms with Crippen molar-refractivity contribution >= 4 is 21.4 Å². The molecule has 0 saturated carbocycles.